The lowest BCUT2D eigenvalue weighted by molar-refractivity contribution is 0.620. The number of imidazole rings is 1. The summed E-state index contributed by atoms with van der Waals surface area (Å²) in [6.07, 6.45) is 0. The van der Waals surface area contributed by atoms with Gasteiger partial charge in [-0.15, -0.1) is 0 Å². The molecule has 0 radical (unpaired) electrons. The Morgan fingerprint density at radius 2 is 1.89 bits per heavy atom. The molecule has 6 heteroatoms. The van der Waals surface area contributed by atoms with Gasteiger partial charge in [0, 0.05) is 5.02 Å². The van der Waals surface area contributed by atoms with Crippen LogP contribution in [0.2, 0.25) is 5.02 Å². The van der Waals surface area contributed by atoms with Gasteiger partial charge in [0.25, 0.3) is 0 Å². The fourth-order valence-electron chi connectivity index (χ4n) is 1.99. The van der Waals surface area contributed by atoms with Crippen LogP contribution in [0.25, 0.3) is 16.7 Å². The topological polar surface area (TPSA) is 43.8 Å². The highest BCUT2D eigenvalue weighted by Gasteiger charge is 2.15. The molecule has 2 N–H and O–H groups in total. The van der Waals surface area contributed by atoms with Crippen LogP contribution in [-0.4, -0.2) is 9.55 Å². The van der Waals surface area contributed by atoms with E-state index in [0.29, 0.717) is 10.5 Å². The third kappa shape index (κ3) is 1.82. The summed E-state index contributed by atoms with van der Waals surface area (Å²) < 4.78 is 28.8. The van der Waals surface area contributed by atoms with Crippen molar-refractivity contribution < 1.29 is 8.78 Å². The lowest BCUT2D eigenvalue weighted by atomic mass is 10.2. The second-order valence-electron chi connectivity index (χ2n) is 4.01. The molecule has 0 unspecified atom stereocenters. The van der Waals surface area contributed by atoms with E-state index in [1.54, 1.807) is 6.07 Å². The predicted octanol–water partition coefficient (Wildman–Crippen LogP) is 3.54. The highest BCUT2D eigenvalue weighted by atomic mass is 35.5. The smallest absolute Gasteiger partial charge is 0.206 e. The summed E-state index contributed by atoms with van der Waals surface area (Å²) >= 11 is 5.85. The summed E-state index contributed by atoms with van der Waals surface area (Å²) in [7, 11) is 0. The maximum atomic E-state index is 13.9. The van der Waals surface area contributed by atoms with Gasteiger partial charge in [-0.1, -0.05) is 17.7 Å². The van der Waals surface area contributed by atoms with Crippen LogP contribution in [0.5, 0.6) is 0 Å². The van der Waals surface area contributed by atoms with E-state index in [-0.39, 0.29) is 17.2 Å². The number of anilines is 1. The van der Waals surface area contributed by atoms with E-state index >= 15 is 0 Å². The number of fused-ring (bicyclic) bond motifs is 1. The molecular formula is C13H8ClF2N3. The third-order valence-electron chi connectivity index (χ3n) is 2.81. The van der Waals surface area contributed by atoms with E-state index in [9.17, 15) is 8.78 Å². The third-order valence-corrected chi connectivity index (χ3v) is 3.05. The van der Waals surface area contributed by atoms with Gasteiger partial charge in [-0.3, -0.25) is 4.57 Å². The first kappa shape index (κ1) is 11.9. The molecule has 3 rings (SSSR count). The minimum Gasteiger partial charge on any atom is -0.369 e. The second-order valence-corrected chi connectivity index (χ2v) is 4.45. The minimum absolute atomic E-state index is 0.00117. The van der Waals surface area contributed by atoms with E-state index in [4.69, 9.17) is 17.3 Å². The zero-order valence-corrected chi connectivity index (χ0v) is 10.3. The van der Waals surface area contributed by atoms with Gasteiger partial charge >= 0.3 is 0 Å². The van der Waals surface area contributed by atoms with E-state index in [1.165, 1.54) is 34.9 Å². The van der Waals surface area contributed by atoms with E-state index in [2.05, 4.69) is 4.98 Å². The normalized spacial score (nSPS) is 11.1. The molecule has 3 aromatic rings. The van der Waals surface area contributed by atoms with Crippen molar-refractivity contribution >= 4 is 28.6 Å². The quantitative estimate of drug-likeness (QED) is 0.740. The predicted molar refractivity (Wildman–Crippen MR) is 70.4 cm³/mol. The number of nitrogens with two attached hydrogens (primary N) is 1. The molecule has 1 heterocycles. The molecule has 0 atom stereocenters. The number of rotatable bonds is 1. The Hall–Kier alpha value is -2.14. The number of hydrogen-bond donors (Lipinski definition) is 1. The van der Waals surface area contributed by atoms with Gasteiger partial charge in [-0.2, -0.15) is 0 Å². The average molecular weight is 280 g/mol. The van der Waals surface area contributed by atoms with Crippen molar-refractivity contribution in [3.8, 4) is 5.69 Å². The van der Waals surface area contributed by atoms with Crippen LogP contribution in [0.3, 0.4) is 0 Å². The van der Waals surface area contributed by atoms with Crippen molar-refractivity contribution in [2.75, 3.05) is 5.73 Å². The van der Waals surface area contributed by atoms with Gasteiger partial charge in [0.1, 0.15) is 11.3 Å². The molecule has 0 fully saturated rings. The molecule has 96 valence electrons. The minimum atomic E-state index is -0.514. The van der Waals surface area contributed by atoms with Gasteiger partial charge in [-0.25, -0.2) is 13.8 Å². The monoisotopic (exact) mass is 279 g/mol. The SMILES string of the molecule is Nc1nc2c(F)cccc2n1-c1cc(Cl)ccc1F. The number of benzene rings is 2. The molecule has 0 aliphatic heterocycles. The zero-order chi connectivity index (χ0) is 13.6. The number of aromatic nitrogens is 2. The Morgan fingerprint density at radius 3 is 2.68 bits per heavy atom. The zero-order valence-electron chi connectivity index (χ0n) is 9.57. The molecule has 0 amide bonds. The van der Waals surface area contributed by atoms with Crippen LogP contribution >= 0.6 is 11.6 Å². The molecule has 0 aliphatic rings. The molecule has 1 aromatic heterocycles. The molecular weight excluding hydrogens is 272 g/mol. The van der Waals surface area contributed by atoms with Crippen molar-refractivity contribution in [1.29, 1.82) is 0 Å². The molecule has 0 spiro atoms. The number of halogens is 3. The summed E-state index contributed by atoms with van der Waals surface area (Å²) in [5, 5.41) is 0.356. The van der Waals surface area contributed by atoms with Crippen LogP contribution in [0.4, 0.5) is 14.7 Å². The molecule has 2 aromatic carbocycles. The van der Waals surface area contributed by atoms with Crippen molar-refractivity contribution in [2.24, 2.45) is 0 Å². The van der Waals surface area contributed by atoms with Gasteiger partial charge < -0.3 is 5.73 Å². The summed E-state index contributed by atoms with van der Waals surface area (Å²) in [5.41, 5.74) is 6.37. The van der Waals surface area contributed by atoms with Crippen molar-refractivity contribution in [3.63, 3.8) is 0 Å². The van der Waals surface area contributed by atoms with Crippen LogP contribution in [0, 0.1) is 11.6 Å². The van der Waals surface area contributed by atoms with Crippen molar-refractivity contribution in [3.05, 3.63) is 53.1 Å². The van der Waals surface area contributed by atoms with E-state index < -0.39 is 11.6 Å². The molecule has 19 heavy (non-hydrogen) atoms. The molecule has 0 saturated carbocycles. The second kappa shape index (κ2) is 4.20. The Kier molecular flexibility index (Phi) is 2.64. The van der Waals surface area contributed by atoms with Crippen LogP contribution in [0.15, 0.2) is 36.4 Å². The Morgan fingerprint density at radius 1 is 1.11 bits per heavy atom. The summed E-state index contributed by atoms with van der Waals surface area (Å²) in [5.74, 6) is -1.02. The lowest BCUT2D eigenvalue weighted by Gasteiger charge is -2.08. The van der Waals surface area contributed by atoms with Gasteiger partial charge in [0.2, 0.25) is 5.95 Å². The fraction of sp³-hybridized carbons (Fsp3) is 0. The van der Waals surface area contributed by atoms with Crippen LogP contribution < -0.4 is 5.73 Å². The first-order valence-corrected chi connectivity index (χ1v) is 5.83. The summed E-state index contributed by atoms with van der Waals surface area (Å²) in [6.45, 7) is 0. The molecule has 0 saturated heterocycles. The van der Waals surface area contributed by atoms with Crippen LogP contribution in [0.1, 0.15) is 0 Å². The van der Waals surface area contributed by atoms with Gasteiger partial charge in [0.15, 0.2) is 5.82 Å². The highest BCUT2D eigenvalue weighted by Crippen LogP contribution is 2.27. The maximum absolute atomic E-state index is 13.9. The standard InChI is InChI=1S/C13H8ClF2N3/c14-7-4-5-8(15)11(6-7)19-10-3-1-2-9(16)12(10)18-13(19)17/h1-6H,(H2,17,18). The first-order chi connectivity index (χ1) is 9.08. The number of nitrogens with zero attached hydrogens (tertiary/aromatic N) is 2. The van der Waals surface area contributed by atoms with Crippen molar-refractivity contribution in [1.82, 2.24) is 9.55 Å². The van der Waals surface area contributed by atoms with E-state index in [0.717, 1.165) is 0 Å². The largest absolute Gasteiger partial charge is 0.369 e. The molecule has 0 bridgehead atoms. The van der Waals surface area contributed by atoms with Gasteiger partial charge in [-0.05, 0) is 30.3 Å². The Bertz CT molecular complexity index is 783. The number of hydrogen-bond acceptors (Lipinski definition) is 2. The number of nitrogen functional groups attached to an aromatic ring is 1. The molecule has 0 aliphatic carbocycles. The van der Waals surface area contributed by atoms with Crippen molar-refractivity contribution in [2.45, 2.75) is 0 Å². The Labute approximate surface area is 112 Å². The lowest BCUT2D eigenvalue weighted by Crippen LogP contribution is -2.02. The maximum Gasteiger partial charge on any atom is 0.206 e. The van der Waals surface area contributed by atoms with Crippen LogP contribution in [-0.2, 0) is 0 Å². The van der Waals surface area contributed by atoms with E-state index in [1.807, 2.05) is 0 Å². The average Bonchev–Trinajstić information content (AvgIpc) is 2.70. The summed E-state index contributed by atoms with van der Waals surface area (Å²) in [6, 6.07) is 8.46. The molecule has 3 nitrogen and oxygen atoms in total. The highest BCUT2D eigenvalue weighted by molar-refractivity contribution is 6.30. The summed E-state index contributed by atoms with van der Waals surface area (Å²) in [4.78, 5) is 3.92. The number of para-hydroxylation sites is 1. The fourth-order valence-corrected chi connectivity index (χ4v) is 2.16. The Balaban J connectivity index is 2.39. The van der Waals surface area contributed by atoms with Gasteiger partial charge in [0.05, 0.1) is 11.2 Å². The first-order valence-electron chi connectivity index (χ1n) is 5.46.